The molecule has 0 atom stereocenters. The minimum Gasteiger partial charge on any atom is -0.436 e. The summed E-state index contributed by atoms with van der Waals surface area (Å²) < 4.78 is 5.31. The number of carbonyl (C=O) groups is 1. The molecule has 0 saturated heterocycles. The Balaban J connectivity index is 2.87. The molecule has 1 aromatic rings. The molecule has 0 aliphatic heterocycles. The van der Waals surface area contributed by atoms with E-state index in [-0.39, 0.29) is 11.8 Å². The number of nitrogens with one attached hydrogen (secondary N) is 1. The fourth-order valence-corrected chi connectivity index (χ4v) is 1.32. The zero-order valence-corrected chi connectivity index (χ0v) is 9.76. The van der Waals surface area contributed by atoms with Crippen molar-refractivity contribution in [3.8, 4) is 0 Å². The fourth-order valence-electron chi connectivity index (χ4n) is 1.32. The lowest BCUT2D eigenvalue weighted by molar-refractivity contribution is 0.0923. The van der Waals surface area contributed by atoms with Gasteiger partial charge >= 0.3 is 0 Å². The van der Waals surface area contributed by atoms with Crippen molar-refractivity contribution in [3.63, 3.8) is 0 Å². The van der Waals surface area contributed by atoms with Crippen LogP contribution in [0.3, 0.4) is 0 Å². The van der Waals surface area contributed by atoms with Gasteiger partial charge in [-0.25, -0.2) is 4.98 Å². The van der Waals surface area contributed by atoms with E-state index in [9.17, 15) is 4.79 Å². The van der Waals surface area contributed by atoms with Gasteiger partial charge in [-0.1, -0.05) is 20.8 Å². The Morgan fingerprint density at radius 3 is 2.73 bits per heavy atom. The van der Waals surface area contributed by atoms with Gasteiger partial charge in [0.15, 0.2) is 5.89 Å². The van der Waals surface area contributed by atoms with Crippen LogP contribution in [0.15, 0.2) is 4.42 Å². The van der Waals surface area contributed by atoms with Crippen LogP contribution < -0.4 is 5.32 Å². The molecule has 4 heteroatoms. The first-order chi connectivity index (χ1) is 7.06. The van der Waals surface area contributed by atoms with Crippen LogP contribution in [0.2, 0.25) is 0 Å². The molecule has 4 nitrogen and oxygen atoms in total. The van der Waals surface area contributed by atoms with E-state index in [1.807, 2.05) is 20.8 Å². The van der Waals surface area contributed by atoms with Crippen LogP contribution >= 0.6 is 0 Å². The number of nitrogens with zero attached hydrogens (tertiary/aromatic N) is 1. The molecular weight excluding hydrogens is 192 g/mol. The van der Waals surface area contributed by atoms with Crippen LogP contribution in [0, 0.1) is 6.92 Å². The molecule has 1 rings (SSSR count). The molecule has 1 aromatic heterocycles. The zero-order valence-electron chi connectivity index (χ0n) is 9.76. The van der Waals surface area contributed by atoms with Crippen molar-refractivity contribution in [1.29, 1.82) is 0 Å². The van der Waals surface area contributed by atoms with Crippen molar-refractivity contribution < 1.29 is 9.21 Å². The van der Waals surface area contributed by atoms with Crippen LogP contribution in [0.4, 0.5) is 0 Å². The van der Waals surface area contributed by atoms with E-state index in [0.29, 0.717) is 18.2 Å². The van der Waals surface area contributed by atoms with Crippen LogP contribution in [0.5, 0.6) is 0 Å². The molecule has 0 bridgehead atoms. The number of aryl methyl sites for hydroxylation is 1. The molecule has 0 saturated carbocycles. The summed E-state index contributed by atoms with van der Waals surface area (Å²) in [5.41, 5.74) is 0.737. The highest BCUT2D eigenvalue weighted by Crippen LogP contribution is 2.19. The maximum atomic E-state index is 11.7. The molecule has 1 amide bonds. The normalized spacial score (nSPS) is 10.7. The first-order valence-electron chi connectivity index (χ1n) is 5.31. The number of carbonyl (C=O) groups excluding carboxylic acids is 1. The highest BCUT2D eigenvalue weighted by atomic mass is 16.4. The van der Waals surface area contributed by atoms with Gasteiger partial charge < -0.3 is 9.73 Å². The van der Waals surface area contributed by atoms with Gasteiger partial charge in [-0.3, -0.25) is 4.79 Å². The van der Waals surface area contributed by atoms with Crippen molar-refractivity contribution >= 4 is 5.91 Å². The second-order valence-electron chi connectivity index (χ2n) is 3.86. The Kier molecular flexibility index (Phi) is 3.88. The minimum absolute atomic E-state index is 0.166. The summed E-state index contributed by atoms with van der Waals surface area (Å²) in [6.07, 6.45) is 0.913. The van der Waals surface area contributed by atoms with Crippen molar-refractivity contribution in [2.24, 2.45) is 0 Å². The molecule has 1 heterocycles. The zero-order chi connectivity index (χ0) is 11.4. The van der Waals surface area contributed by atoms with Crippen molar-refractivity contribution in [2.45, 2.75) is 40.0 Å². The second-order valence-corrected chi connectivity index (χ2v) is 3.86. The average molecular weight is 210 g/mol. The van der Waals surface area contributed by atoms with Crippen LogP contribution in [0.1, 0.15) is 55.2 Å². The van der Waals surface area contributed by atoms with E-state index in [1.54, 1.807) is 6.92 Å². The Hall–Kier alpha value is -1.32. The van der Waals surface area contributed by atoms with Gasteiger partial charge in [0, 0.05) is 13.5 Å². The Bertz CT molecular complexity index is 342. The van der Waals surface area contributed by atoms with E-state index < -0.39 is 0 Å². The lowest BCUT2D eigenvalue weighted by atomic mass is 10.1. The predicted molar refractivity (Wildman–Crippen MR) is 58.0 cm³/mol. The molecule has 84 valence electrons. The van der Waals surface area contributed by atoms with Gasteiger partial charge in [0.05, 0.1) is 5.69 Å². The number of oxazole rings is 1. The molecule has 1 N–H and O–H groups in total. The molecule has 0 spiro atoms. The standard InChI is InChI=1S/C11H18N2O2/c1-5-6-12-11(14)10-9(7(2)3)13-8(4)15-10/h7H,5-6H2,1-4H3,(H,12,14). The number of hydrogen-bond donors (Lipinski definition) is 1. The van der Waals surface area contributed by atoms with Gasteiger partial charge in [0.25, 0.3) is 5.91 Å². The van der Waals surface area contributed by atoms with E-state index >= 15 is 0 Å². The maximum absolute atomic E-state index is 11.7. The fraction of sp³-hybridized carbons (Fsp3) is 0.636. The lowest BCUT2D eigenvalue weighted by Gasteiger charge is -2.04. The van der Waals surface area contributed by atoms with Crippen molar-refractivity contribution in [2.75, 3.05) is 6.54 Å². The SMILES string of the molecule is CCCNC(=O)c1oc(C)nc1C(C)C. The van der Waals surface area contributed by atoms with Crippen LogP contribution in [0.25, 0.3) is 0 Å². The molecule has 0 aromatic carbocycles. The topological polar surface area (TPSA) is 55.1 Å². The lowest BCUT2D eigenvalue weighted by Crippen LogP contribution is -2.24. The third kappa shape index (κ3) is 2.81. The monoisotopic (exact) mass is 210 g/mol. The van der Waals surface area contributed by atoms with E-state index in [4.69, 9.17) is 4.42 Å². The smallest absolute Gasteiger partial charge is 0.289 e. The first-order valence-corrected chi connectivity index (χ1v) is 5.31. The second kappa shape index (κ2) is 4.96. The first kappa shape index (κ1) is 11.8. The molecule has 0 radical (unpaired) electrons. The molecule has 0 aliphatic rings. The quantitative estimate of drug-likeness (QED) is 0.829. The average Bonchev–Trinajstić information content (AvgIpc) is 2.57. The van der Waals surface area contributed by atoms with Crippen LogP contribution in [-0.2, 0) is 0 Å². The summed E-state index contributed by atoms with van der Waals surface area (Å²) in [7, 11) is 0. The van der Waals surface area contributed by atoms with Crippen LogP contribution in [-0.4, -0.2) is 17.4 Å². The summed E-state index contributed by atoms with van der Waals surface area (Å²) in [6, 6.07) is 0. The number of rotatable bonds is 4. The van der Waals surface area contributed by atoms with Gasteiger partial charge in [0.1, 0.15) is 0 Å². The largest absolute Gasteiger partial charge is 0.436 e. The highest BCUT2D eigenvalue weighted by Gasteiger charge is 2.20. The molecule has 0 unspecified atom stereocenters. The van der Waals surface area contributed by atoms with Crippen molar-refractivity contribution in [3.05, 3.63) is 17.3 Å². The highest BCUT2D eigenvalue weighted by molar-refractivity contribution is 5.92. The molecular formula is C11H18N2O2. The number of hydrogen-bond acceptors (Lipinski definition) is 3. The third-order valence-corrected chi connectivity index (χ3v) is 2.05. The van der Waals surface area contributed by atoms with Gasteiger partial charge in [-0.2, -0.15) is 0 Å². The third-order valence-electron chi connectivity index (χ3n) is 2.05. The summed E-state index contributed by atoms with van der Waals surface area (Å²) >= 11 is 0. The Morgan fingerprint density at radius 2 is 2.20 bits per heavy atom. The Labute approximate surface area is 90.1 Å². The van der Waals surface area contributed by atoms with Gasteiger partial charge in [-0.05, 0) is 12.3 Å². The van der Waals surface area contributed by atoms with E-state index in [1.165, 1.54) is 0 Å². The van der Waals surface area contributed by atoms with E-state index in [2.05, 4.69) is 10.3 Å². The summed E-state index contributed by atoms with van der Waals surface area (Å²) in [4.78, 5) is 15.9. The molecule has 0 aliphatic carbocycles. The molecule has 15 heavy (non-hydrogen) atoms. The van der Waals surface area contributed by atoms with Gasteiger partial charge in [-0.15, -0.1) is 0 Å². The predicted octanol–water partition coefficient (Wildman–Crippen LogP) is 2.25. The van der Waals surface area contributed by atoms with Crippen molar-refractivity contribution in [1.82, 2.24) is 10.3 Å². The number of aromatic nitrogens is 1. The minimum atomic E-state index is -0.166. The van der Waals surface area contributed by atoms with E-state index in [0.717, 1.165) is 12.1 Å². The summed E-state index contributed by atoms with van der Waals surface area (Å²) in [5.74, 6) is 0.933. The summed E-state index contributed by atoms with van der Waals surface area (Å²) in [6.45, 7) is 8.41. The summed E-state index contributed by atoms with van der Waals surface area (Å²) in [5, 5.41) is 2.78. The maximum Gasteiger partial charge on any atom is 0.289 e. The van der Waals surface area contributed by atoms with Gasteiger partial charge in [0.2, 0.25) is 5.76 Å². The number of amides is 1. The Morgan fingerprint density at radius 1 is 1.53 bits per heavy atom. The molecule has 0 fully saturated rings.